The largest absolute Gasteiger partial charge is 0.483 e. The second kappa shape index (κ2) is 6.23. The van der Waals surface area contributed by atoms with E-state index in [9.17, 15) is 4.79 Å². The van der Waals surface area contributed by atoms with Gasteiger partial charge in [0.2, 0.25) is 0 Å². The number of hydrogen-bond acceptors (Lipinski definition) is 2. The van der Waals surface area contributed by atoms with Gasteiger partial charge in [-0.3, -0.25) is 4.79 Å². The average molecular weight is 345 g/mol. The van der Waals surface area contributed by atoms with Gasteiger partial charge in [-0.15, -0.1) is 0 Å². The third-order valence-electron chi connectivity index (χ3n) is 2.90. The summed E-state index contributed by atoms with van der Waals surface area (Å²) in [6, 6.07) is 7.75. The Kier molecular flexibility index (Phi) is 4.65. The van der Waals surface area contributed by atoms with E-state index in [1.54, 1.807) is 0 Å². The molecule has 0 bridgehead atoms. The van der Waals surface area contributed by atoms with Gasteiger partial charge in [0.05, 0.1) is 3.57 Å². The zero-order valence-electron chi connectivity index (χ0n) is 9.69. The van der Waals surface area contributed by atoms with E-state index in [-0.39, 0.29) is 12.5 Å². The maximum absolute atomic E-state index is 11.9. The molecule has 0 saturated carbocycles. The van der Waals surface area contributed by atoms with Crippen molar-refractivity contribution < 1.29 is 9.53 Å². The maximum atomic E-state index is 11.9. The molecule has 0 N–H and O–H groups in total. The van der Waals surface area contributed by atoms with Crippen LogP contribution in [0.4, 0.5) is 0 Å². The van der Waals surface area contributed by atoms with Crippen molar-refractivity contribution in [1.82, 2.24) is 4.90 Å². The fourth-order valence-corrected chi connectivity index (χ4v) is 2.48. The fourth-order valence-electron chi connectivity index (χ4n) is 1.94. The number of rotatable bonds is 3. The van der Waals surface area contributed by atoms with Gasteiger partial charge in [0.25, 0.3) is 5.91 Å². The van der Waals surface area contributed by atoms with Crippen molar-refractivity contribution >= 4 is 28.5 Å². The molecule has 1 aromatic carbocycles. The van der Waals surface area contributed by atoms with Crippen molar-refractivity contribution in [1.29, 1.82) is 0 Å². The lowest BCUT2D eigenvalue weighted by Crippen LogP contribution is -2.38. The Labute approximate surface area is 115 Å². The summed E-state index contributed by atoms with van der Waals surface area (Å²) < 4.78 is 6.59. The lowest BCUT2D eigenvalue weighted by atomic mass is 10.1. The summed E-state index contributed by atoms with van der Waals surface area (Å²) in [5.41, 5.74) is 0. The van der Waals surface area contributed by atoms with E-state index in [1.165, 1.54) is 6.42 Å². The van der Waals surface area contributed by atoms with Gasteiger partial charge in [0.1, 0.15) is 5.75 Å². The number of carbonyl (C=O) groups is 1. The Hall–Kier alpha value is -0.780. The van der Waals surface area contributed by atoms with E-state index < -0.39 is 0 Å². The first-order valence-corrected chi connectivity index (χ1v) is 7.00. The predicted octanol–water partition coefficient (Wildman–Crippen LogP) is 2.68. The number of hydrogen-bond donors (Lipinski definition) is 0. The van der Waals surface area contributed by atoms with Crippen LogP contribution in [0.5, 0.6) is 5.75 Å². The van der Waals surface area contributed by atoms with Crippen LogP contribution < -0.4 is 4.74 Å². The topological polar surface area (TPSA) is 29.5 Å². The highest BCUT2D eigenvalue weighted by Crippen LogP contribution is 2.19. The average Bonchev–Trinajstić information content (AvgIpc) is 2.38. The minimum absolute atomic E-state index is 0.101. The van der Waals surface area contributed by atoms with Crippen LogP contribution >= 0.6 is 22.6 Å². The summed E-state index contributed by atoms with van der Waals surface area (Å²) in [6.07, 6.45) is 3.48. The summed E-state index contributed by atoms with van der Waals surface area (Å²) in [5, 5.41) is 0. The Morgan fingerprint density at radius 1 is 1.24 bits per heavy atom. The molecule has 17 heavy (non-hydrogen) atoms. The van der Waals surface area contributed by atoms with Crippen molar-refractivity contribution in [3.8, 4) is 5.75 Å². The smallest absolute Gasteiger partial charge is 0.260 e. The molecule has 0 spiro atoms. The van der Waals surface area contributed by atoms with Crippen LogP contribution in [0.15, 0.2) is 24.3 Å². The van der Waals surface area contributed by atoms with Gasteiger partial charge >= 0.3 is 0 Å². The van der Waals surface area contributed by atoms with Gasteiger partial charge in [-0.05, 0) is 54.0 Å². The molecule has 0 radical (unpaired) electrons. The van der Waals surface area contributed by atoms with E-state index in [2.05, 4.69) is 22.6 Å². The minimum Gasteiger partial charge on any atom is -0.483 e. The first-order chi connectivity index (χ1) is 8.27. The molecule has 3 nitrogen and oxygen atoms in total. The molecule has 1 aromatic rings. The second-order valence-corrected chi connectivity index (χ2v) is 5.32. The molecule has 1 aliphatic heterocycles. The van der Waals surface area contributed by atoms with Crippen LogP contribution in [0.25, 0.3) is 0 Å². The molecule has 1 saturated heterocycles. The summed E-state index contributed by atoms with van der Waals surface area (Å²) in [6.45, 7) is 1.92. The molecule has 0 aliphatic carbocycles. The van der Waals surface area contributed by atoms with E-state index in [0.29, 0.717) is 0 Å². The van der Waals surface area contributed by atoms with Crippen LogP contribution in [0.1, 0.15) is 19.3 Å². The van der Waals surface area contributed by atoms with Gasteiger partial charge in [0, 0.05) is 13.1 Å². The summed E-state index contributed by atoms with van der Waals surface area (Å²) in [5.74, 6) is 0.891. The number of para-hydroxylation sites is 1. The first kappa shape index (κ1) is 12.7. The van der Waals surface area contributed by atoms with Crippen molar-refractivity contribution in [3.05, 3.63) is 27.8 Å². The summed E-state index contributed by atoms with van der Waals surface area (Å²) >= 11 is 2.21. The van der Waals surface area contributed by atoms with Gasteiger partial charge in [-0.1, -0.05) is 12.1 Å². The second-order valence-electron chi connectivity index (χ2n) is 4.16. The number of halogens is 1. The highest BCUT2D eigenvalue weighted by atomic mass is 127. The minimum atomic E-state index is 0.101. The monoisotopic (exact) mass is 345 g/mol. The van der Waals surface area contributed by atoms with Crippen LogP contribution in [-0.4, -0.2) is 30.5 Å². The molecule has 0 atom stereocenters. The van der Waals surface area contributed by atoms with E-state index in [1.807, 2.05) is 29.2 Å². The number of nitrogens with zero attached hydrogens (tertiary/aromatic N) is 1. The molecular formula is C13H16INO2. The lowest BCUT2D eigenvalue weighted by Gasteiger charge is -2.26. The van der Waals surface area contributed by atoms with Crippen molar-refractivity contribution in [3.63, 3.8) is 0 Å². The molecule has 4 heteroatoms. The van der Waals surface area contributed by atoms with Gasteiger partial charge in [-0.25, -0.2) is 0 Å². The molecule has 1 fully saturated rings. The van der Waals surface area contributed by atoms with Crippen molar-refractivity contribution in [2.75, 3.05) is 19.7 Å². The van der Waals surface area contributed by atoms with Crippen LogP contribution in [-0.2, 0) is 4.79 Å². The Morgan fingerprint density at radius 2 is 1.94 bits per heavy atom. The molecular weight excluding hydrogens is 329 g/mol. The van der Waals surface area contributed by atoms with Crippen LogP contribution in [0.3, 0.4) is 0 Å². The Morgan fingerprint density at radius 3 is 2.65 bits per heavy atom. The highest BCUT2D eigenvalue weighted by molar-refractivity contribution is 14.1. The van der Waals surface area contributed by atoms with Gasteiger partial charge < -0.3 is 9.64 Å². The highest BCUT2D eigenvalue weighted by Gasteiger charge is 2.16. The third-order valence-corrected chi connectivity index (χ3v) is 3.79. The number of likely N-dealkylation sites (tertiary alicyclic amines) is 1. The van der Waals surface area contributed by atoms with Crippen molar-refractivity contribution in [2.24, 2.45) is 0 Å². The molecule has 92 valence electrons. The molecule has 0 unspecified atom stereocenters. The molecule has 1 amide bonds. The Balaban J connectivity index is 1.85. The van der Waals surface area contributed by atoms with E-state index >= 15 is 0 Å². The predicted molar refractivity (Wildman–Crippen MR) is 75.1 cm³/mol. The van der Waals surface area contributed by atoms with Gasteiger partial charge in [-0.2, -0.15) is 0 Å². The lowest BCUT2D eigenvalue weighted by molar-refractivity contribution is -0.134. The number of carbonyl (C=O) groups excluding carboxylic acids is 1. The SMILES string of the molecule is O=C(COc1ccccc1I)N1CCCCC1. The standard InChI is InChI=1S/C13H16INO2/c14-11-6-2-3-7-12(11)17-10-13(16)15-8-4-1-5-9-15/h2-3,6-7H,1,4-5,8-10H2. The summed E-state index contributed by atoms with van der Waals surface area (Å²) in [7, 11) is 0. The first-order valence-electron chi connectivity index (χ1n) is 5.92. The maximum Gasteiger partial charge on any atom is 0.260 e. The van der Waals surface area contributed by atoms with E-state index in [0.717, 1.165) is 35.3 Å². The zero-order valence-corrected chi connectivity index (χ0v) is 11.9. The van der Waals surface area contributed by atoms with Crippen LogP contribution in [0, 0.1) is 3.57 Å². The normalized spacial score (nSPS) is 15.7. The number of benzene rings is 1. The Bertz CT molecular complexity index is 389. The molecule has 1 aliphatic rings. The fraction of sp³-hybridized carbons (Fsp3) is 0.462. The summed E-state index contributed by atoms with van der Waals surface area (Å²) in [4.78, 5) is 13.8. The van der Waals surface area contributed by atoms with Gasteiger partial charge in [0.15, 0.2) is 6.61 Å². The van der Waals surface area contributed by atoms with Crippen molar-refractivity contribution in [2.45, 2.75) is 19.3 Å². The van der Waals surface area contributed by atoms with Crippen LogP contribution in [0.2, 0.25) is 0 Å². The molecule has 1 heterocycles. The quantitative estimate of drug-likeness (QED) is 0.789. The third kappa shape index (κ3) is 3.59. The number of ether oxygens (including phenoxy) is 1. The molecule has 2 rings (SSSR count). The molecule has 0 aromatic heterocycles. The number of piperidine rings is 1. The number of amides is 1. The zero-order chi connectivity index (χ0) is 12.1. The van der Waals surface area contributed by atoms with E-state index in [4.69, 9.17) is 4.74 Å².